The molecule has 170 valence electrons. The number of carbonyl (C=O) groups is 2. The van der Waals surface area contributed by atoms with Crippen LogP contribution in [-0.4, -0.2) is 31.5 Å². The van der Waals surface area contributed by atoms with Crippen molar-refractivity contribution in [3.05, 3.63) is 29.8 Å². The van der Waals surface area contributed by atoms with Gasteiger partial charge in [-0.15, -0.1) is 0 Å². The Kier molecular flexibility index (Phi) is 6.17. The lowest BCUT2D eigenvalue weighted by atomic mass is 9.49. The third-order valence-electron chi connectivity index (χ3n) is 7.01. The summed E-state index contributed by atoms with van der Waals surface area (Å²) in [7, 11) is 0. The Morgan fingerprint density at radius 1 is 1.00 bits per heavy atom. The van der Waals surface area contributed by atoms with Crippen LogP contribution in [0.1, 0.15) is 50.5 Å². The van der Waals surface area contributed by atoms with Crippen LogP contribution in [0, 0.1) is 23.2 Å². The molecule has 4 saturated carbocycles. The largest absolute Gasteiger partial charge is 0.492 e. The fraction of sp³-hybridized carbons (Fsp3) is 0.652. The average molecular weight is 438 g/mol. The molecule has 5 nitrogen and oxygen atoms in total. The van der Waals surface area contributed by atoms with Gasteiger partial charge in [0.1, 0.15) is 12.4 Å². The van der Waals surface area contributed by atoms with Crippen LogP contribution >= 0.6 is 0 Å². The molecule has 2 N–H and O–H groups in total. The number of ether oxygens (including phenoxy) is 1. The Balaban J connectivity index is 1.14. The summed E-state index contributed by atoms with van der Waals surface area (Å²) in [6.07, 6.45) is 2.54. The maximum absolute atomic E-state index is 12.9. The second kappa shape index (κ2) is 8.71. The molecule has 0 unspecified atom stereocenters. The minimum absolute atomic E-state index is 0.0622. The van der Waals surface area contributed by atoms with E-state index in [9.17, 15) is 22.8 Å². The molecule has 4 aliphatic rings. The van der Waals surface area contributed by atoms with Crippen molar-refractivity contribution in [3.63, 3.8) is 0 Å². The second-order valence-electron chi connectivity index (χ2n) is 9.43. The first-order chi connectivity index (χ1) is 14.7. The Morgan fingerprint density at radius 2 is 1.65 bits per heavy atom. The van der Waals surface area contributed by atoms with Crippen LogP contribution in [0.4, 0.5) is 13.2 Å². The van der Waals surface area contributed by atoms with Crippen molar-refractivity contribution in [2.24, 2.45) is 23.2 Å². The summed E-state index contributed by atoms with van der Waals surface area (Å²) in [5, 5.41) is 5.64. The smallest absolute Gasteiger partial charge is 0.416 e. The summed E-state index contributed by atoms with van der Waals surface area (Å²) in [4.78, 5) is 24.9. The zero-order chi connectivity index (χ0) is 22.1. The van der Waals surface area contributed by atoms with Gasteiger partial charge in [-0.1, -0.05) is 6.07 Å². The summed E-state index contributed by atoms with van der Waals surface area (Å²) in [6, 6.07) is 4.63. The second-order valence-corrected chi connectivity index (χ2v) is 9.43. The molecular weight excluding hydrogens is 409 g/mol. The molecular formula is C23H29F3N2O3. The van der Waals surface area contributed by atoms with Gasteiger partial charge in [0, 0.05) is 18.4 Å². The van der Waals surface area contributed by atoms with Crippen LogP contribution < -0.4 is 15.4 Å². The molecule has 0 atom stereocenters. The Bertz CT molecular complexity index is 789. The third kappa shape index (κ3) is 5.15. The monoisotopic (exact) mass is 438 g/mol. The summed E-state index contributed by atoms with van der Waals surface area (Å²) in [6.45, 7) is 0.533. The SMILES string of the molecule is O=C(CCNC(=O)C12CC3CC(CC(C3)C1)C2)NCCOc1cccc(C(F)(F)F)c1. The van der Waals surface area contributed by atoms with E-state index in [1.807, 2.05) is 0 Å². The lowest BCUT2D eigenvalue weighted by molar-refractivity contribution is -0.146. The quantitative estimate of drug-likeness (QED) is 0.605. The van der Waals surface area contributed by atoms with Gasteiger partial charge >= 0.3 is 6.18 Å². The van der Waals surface area contributed by atoms with E-state index in [1.165, 1.54) is 31.4 Å². The molecule has 0 radical (unpaired) electrons. The molecule has 4 bridgehead atoms. The molecule has 0 aromatic heterocycles. The van der Waals surface area contributed by atoms with E-state index < -0.39 is 11.7 Å². The van der Waals surface area contributed by atoms with E-state index in [0.717, 1.165) is 31.4 Å². The number of nitrogens with one attached hydrogen (secondary N) is 2. The van der Waals surface area contributed by atoms with E-state index >= 15 is 0 Å². The molecule has 4 fully saturated rings. The molecule has 31 heavy (non-hydrogen) atoms. The number of alkyl halides is 3. The van der Waals surface area contributed by atoms with Crippen molar-refractivity contribution in [2.75, 3.05) is 19.7 Å². The van der Waals surface area contributed by atoms with Crippen LogP contribution in [0.3, 0.4) is 0 Å². The van der Waals surface area contributed by atoms with Gasteiger partial charge in [0.15, 0.2) is 0 Å². The summed E-state index contributed by atoms with van der Waals surface area (Å²) < 4.78 is 43.4. The highest BCUT2D eigenvalue weighted by Crippen LogP contribution is 2.60. The lowest BCUT2D eigenvalue weighted by Gasteiger charge is -2.55. The maximum atomic E-state index is 12.9. The van der Waals surface area contributed by atoms with Crippen molar-refractivity contribution in [1.82, 2.24) is 10.6 Å². The summed E-state index contributed by atoms with van der Waals surface area (Å²) >= 11 is 0. The number of carbonyl (C=O) groups excluding carboxylic acids is 2. The van der Waals surface area contributed by atoms with Crippen LogP contribution in [0.5, 0.6) is 5.75 Å². The normalized spacial score (nSPS) is 28.9. The van der Waals surface area contributed by atoms with Crippen molar-refractivity contribution >= 4 is 11.8 Å². The highest BCUT2D eigenvalue weighted by Gasteiger charge is 2.54. The van der Waals surface area contributed by atoms with Crippen LogP contribution in [0.2, 0.25) is 0 Å². The molecule has 8 heteroatoms. The van der Waals surface area contributed by atoms with Crippen LogP contribution in [0.15, 0.2) is 24.3 Å². The summed E-state index contributed by atoms with van der Waals surface area (Å²) in [5.74, 6) is 2.06. The molecule has 0 spiro atoms. The van der Waals surface area contributed by atoms with E-state index in [4.69, 9.17) is 4.74 Å². The number of amides is 2. The Hall–Kier alpha value is -2.25. The first-order valence-electron chi connectivity index (χ1n) is 11.1. The first-order valence-corrected chi connectivity index (χ1v) is 11.1. The highest BCUT2D eigenvalue weighted by molar-refractivity contribution is 5.84. The van der Waals surface area contributed by atoms with Gasteiger partial charge in [0.05, 0.1) is 12.1 Å². The summed E-state index contributed by atoms with van der Waals surface area (Å²) in [5.41, 5.74) is -0.992. The zero-order valence-electron chi connectivity index (χ0n) is 17.5. The van der Waals surface area contributed by atoms with Crippen molar-refractivity contribution in [1.29, 1.82) is 0 Å². The van der Waals surface area contributed by atoms with E-state index in [1.54, 1.807) is 0 Å². The van der Waals surface area contributed by atoms with Crippen LogP contribution in [-0.2, 0) is 15.8 Å². The van der Waals surface area contributed by atoms with E-state index in [2.05, 4.69) is 10.6 Å². The van der Waals surface area contributed by atoms with Crippen molar-refractivity contribution < 1.29 is 27.5 Å². The maximum Gasteiger partial charge on any atom is 0.416 e. The molecule has 1 aromatic rings. The number of halogens is 3. The predicted molar refractivity (Wildman–Crippen MR) is 108 cm³/mol. The molecule has 5 rings (SSSR count). The Morgan fingerprint density at radius 3 is 2.26 bits per heavy atom. The van der Waals surface area contributed by atoms with Gasteiger partial charge in [-0.2, -0.15) is 13.2 Å². The van der Waals surface area contributed by atoms with Gasteiger partial charge in [-0.05, 0) is 74.5 Å². The third-order valence-corrected chi connectivity index (χ3v) is 7.01. The van der Waals surface area contributed by atoms with Crippen LogP contribution in [0.25, 0.3) is 0 Å². The number of hydrogen-bond donors (Lipinski definition) is 2. The van der Waals surface area contributed by atoms with Gasteiger partial charge < -0.3 is 15.4 Å². The van der Waals surface area contributed by atoms with E-state index in [0.29, 0.717) is 24.3 Å². The first kappa shape index (κ1) is 22.0. The molecule has 4 aliphatic carbocycles. The van der Waals surface area contributed by atoms with Gasteiger partial charge in [-0.25, -0.2) is 0 Å². The van der Waals surface area contributed by atoms with E-state index in [-0.39, 0.29) is 42.6 Å². The van der Waals surface area contributed by atoms with Crippen molar-refractivity contribution in [3.8, 4) is 5.75 Å². The molecule has 0 saturated heterocycles. The van der Waals surface area contributed by atoms with Gasteiger partial charge in [0.2, 0.25) is 11.8 Å². The predicted octanol–water partition coefficient (Wildman–Crippen LogP) is 3.92. The fourth-order valence-electron chi connectivity index (χ4n) is 6.08. The van der Waals surface area contributed by atoms with Crippen molar-refractivity contribution in [2.45, 2.75) is 51.1 Å². The Labute approximate surface area is 180 Å². The molecule has 2 amide bonds. The molecule has 0 heterocycles. The standard InChI is InChI=1S/C23H29F3N2O3/c24-23(25,26)18-2-1-3-19(11-18)31-7-6-27-20(29)4-5-28-21(30)22-12-15-8-16(13-22)10-17(9-15)14-22/h1-3,11,15-17H,4-10,12-14H2,(H,27,29)(H,28,30). The molecule has 1 aromatic carbocycles. The number of benzene rings is 1. The number of hydrogen-bond acceptors (Lipinski definition) is 3. The highest BCUT2D eigenvalue weighted by atomic mass is 19.4. The minimum Gasteiger partial charge on any atom is -0.492 e. The topological polar surface area (TPSA) is 67.4 Å². The average Bonchev–Trinajstić information content (AvgIpc) is 2.70. The molecule has 0 aliphatic heterocycles. The lowest BCUT2D eigenvalue weighted by Crippen LogP contribution is -2.53. The zero-order valence-corrected chi connectivity index (χ0v) is 17.5. The minimum atomic E-state index is -4.42. The fourth-order valence-corrected chi connectivity index (χ4v) is 6.08. The van der Waals surface area contributed by atoms with Gasteiger partial charge in [-0.3, -0.25) is 9.59 Å². The number of rotatable bonds is 8. The van der Waals surface area contributed by atoms with Gasteiger partial charge in [0.25, 0.3) is 0 Å².